The van der Waals surface area contributed by atoms with Gasteiger partial charge in [-0.2, -0.15) is 0 Å². The van der Waals surface area contributed by atoms with Crippen LogP contribution in [0.4, 0.5) is 5.69 Å². The Kier molecular flexibility index (Phi) is 3.93. The van der Waals surface area contributed by atoms with Crippen molar-refractivity contribution >= 4 is 17.5 Å². The number of ether oxygens (including phenoxy) is 1. The number of anilines is 1. The molecular weight excluding hydrogens is 352 g/mol. The largest absolute Gasteiger partial charge is 0.467 e. The minimum atomic E-state index is -0.763. The lowest BCUT2D eigenvalue weighted by molar-refractivity contribution is -0.160. The van der Waals surface area contributed by atoms with Gasteiger partial charge >= 0.3 is 0 Å². The fourth-order valence-corrected chi connectivity index (χ4v) is 5.28. The number of nitrogens with one attached hydrogen (secondary N) is 2. The predicted molar refractivity (Wildman–Crippen MR) is 106 cm³/mol. The van der Waals surface area contributed by atoms with Crippen molar-refractivity contribution in [3.63, 3.8) is 0 Å². The quantitative estimate of drug-likeness (QED) is 0.785. The highest BCUT2D eigenvalue weighted by molar-refractivity contribution is 6.08. The normalized spacial score (nSPS) is 30.3. The van der Waals surface area contributed by atoms with Gasteiger partial charge in [-0.15, -0.1) is 0 Å². The van der Waals surface area contributed by atoms with E-state index in [4.69, 9.17) is 4.74 Å². The van der Waals surface area contributed by atoms with Crippen molar-refractivity contribution in [1.82, 2.24) is 5.32 Å². The number of hydrogen-bond donors (Lipinski definition) is 2. The number of fused-ring (bicyclic) bond motifs is 2. The first-order chi connectivity index (χ1) is 13.6. The van der Waals surface area contributed by atoms with Gasteiger partial charge in [-0.25, -0.2) is 0 Å². The molecule has 2 aliphatic heterocycles. The lowest BCUT2D eigenvalue weighted by Crippen LogP contribution is -2.69. The molecule has 2 amide bonds. The molecule has 144 valence electrons. The van der Waals surface area contributed by atoms with Crippen LogP contribution in [-0.4, -0.2) is 17.5 Å². The third-order valence-electron chi connectivity index (χ3n) is 6.58. The summed E-state index contributed by atoms with van der Waals surface area (Å²) in [5.41, 5.74) is 2.03. The molecule has 1 saturated carbocycles. The first-order valence-corrected chi connectivity index (χ1v) is 10.1. The number of benzene rings is 2. The molecule has 0 spiro atoms. The van der Waals surface area contributed by atoms with Crippen LogP contribution in [0.2, 0.25) is 0 Å². The maximum atomic E-state index is 13.3. The molecule has 0 aromatic heterocycles. The van der Waals surface area contributed by atoms with Crippen molar-refractivity contribution < 1.29 is 14.3 Å². The van der Waals surface area contributed by atoms with E-state index in [0.29, 0.717) is 0 Å². The van der Waals surface area contributed by atoms with Crippen LogP contribution in [-0.2, 0) is 9.59 Å². The molecule has 28 heavy (non-hydrogen) atoms. The number of para-hydroxylation sites is 2. The molecule has 0 unspecified atom stereocenters. The zero-order valence-electron chi connectivity index (χ0n) is 15.9. The van der Waals surface area contributed by atoms with Crippen molar-refractivity contribution in [3.8, 4) is 5.75 Å². The van der Waals surface area contributed by atoms with Gasteiger partial charge in [-0.1, -0.05) is 42.8 Å². The molecule has 5 nitrogen and oxygen atoms in total. The Bertz CT molecular complexity index is 956. The van der Waals surface area contributed by atoms with Crippen LogP contribution in [0.25, 0.3) is 0 Å². The second-order valence-corrected chi connectivity index (χ2v) is 8.18. The van der Waals surface area contributed by atoms with E-state index >= 15 is 0 Å². The molecule has 1 saturated heterocycles. The average molecular weight is 376 g/mol. The Morgan fingerprint density at radius 3 is 2.79 bits per heavy atom. The average Bonchev–Trinajstić information content (AvgIpc) is 2.68. The van der Waals surface area contributed by atoms with E-state index in [2.05, 4.69) is 10.6 Å². The molecule has 1 aliphatic carbocycles. The summed E-state index contributed by atoms with van der Waals surface area (Å²) in [5.74, 6) is -0.499. The highest BCUT2D eigenvalue weighted by Crippen LogP contribution is 2.55. The maximum Gasteiger partial charge on any atom is 0.237 e. The summed E-state index contributed by atoms with van der Waals surface area (Å²) in [6.45, 7) is 1.95. The molecule has 3 aliphatic rings. The molecule has 2 fully saturated rings. The second-order valence-electron chi connectivity index (χ2n) is 8.18. The van der Waals surface area contributed by atoms with E-state index in [1.165, 1.54) is 0 Å². The lowest BCUT2D eigenvalue weighted by Gasteiger charge is -2.55. The summed E-state index contributed by atoms with van der Waals surface area (Å²) >= 11 is 0. The van der Waals surface area contributed by atoms with Crippen molar-refractivity contribution in [2.24, 2.45) is 11.8 Å². The van der Waals surface area contributed by atoms with Crippen LogP contribution in [0.15, 0.2) is 48.5 Å². The van der Waals surface area contributed by atoms with E-state index in [1.54, 1.807) is 0 Å². The summed E-state index contributed by atoms with van der Waals surface area (Å²) in [6, 6.07) is 15.5. The van der Waals surface area contributed by atoms with Crippen molar-refractivity contribution in [2.75, 3.05) is 5.32 Å². The molecular formula is C23H24N2O3. The monoisotopic (exact) mass is 376 g/mol. The Morgan fingerprint density at radius 2 is 1.93 bits per heavy atom. The van der Waals surface area contributed by atoms with E-state index in [0.717, 1.165) is 48.2 Å². The third kappa shape index (κ3) is 2.53. The van der Waals surface area contributed by atoms with Crippen LogP contribution in [0, 0.1) is 18.8 Å². The Balaban J connectivity index is 1.57. The number of carbonyl (C=O) groups is 2. The van der Waals surface area contributed by atoms with Gasteiger partial charge in [0.05, 0.1) is 0 Å². The Morgan fingerprint density at radius 1 is 1.14 bits per heavy atom. The van der Waals surface area contributed by atoms with Gasteiger partial charge in [0.25, 0.3) is 0 Å². The van der Waals surface area contributed by atoms with Gasteiger partial charge in [0, 0.05) is 23.9 Å². The Hall–Kier alpha value is -2.82. The SMILES string of the molecule is Cc1ccccc1NC(=O)[C@@H]1C(=O)N[C@]23CCCC[C@H]2[C@@H]1c1ccccc1O3. The van der Waals surface area contributed by atoms with E-state index < -0.39 is 11.6 Å². The number of carbonyl (C=O) groups excluding carboxylic acids is 2. The standard InChI is InChI=1S/C23H24N2O3/c1-14-8-2-4-11-17(14)24-21(26)20-19-15-9-3-5-12-18(15)28-23(25-22(20)27)13-7-6-10-16(19)23/h2-5,8-9,11-12,16,19-20H,6-7,10,13H2,1H3,(H,24,26)(H,25,27)/t16-,19-,20+,23-/m0/s1. The molecule has 0 radical (unpaired) electrons. The molecule has 2 bridgehead atoms. The molecule has 2 N–H and O–H groups in total. The molecule has 2 heterocycles. The number of hydrogen-bond acceptors (Lipinski definition) is 3. The third-order valence-corrected chi connectivity index (χ3v) is 6.58. The smallest absolute Gasteiger partial charge is 0.237 e. The van der Waals surface area contributed by atoms with E-state index in [9.17, 15) is 9.59 Å². The minimum Gasteiger partial charge on any atom is -0.467 e. The predicted octanol–water partition coefficient (Wildman–Crippen LogP) is 3.74. The molecule has 5 heteroatoms. The molecule has 2 aromatic carbocycles. The van der Waals surface area contributed by atoms with Gasteiger partial charge in [0.2, 0.25) is 11.8 Å². The highest BCUT2D eigenvalue weighted by Gasteiger charge is 2.60. The van der Waals surface area contributed by atoms with Crippen LogP contribution in [0.5, 0.6) is 5.75 Å². The zero-order chi connectivity index (χ0) is 19.3. The van der Waals surface area contributed by atoms with Gasteiger partial charge in [-0.3, -0.25) is 9.59 Å². The molecule has 2 aromatic rings. The summed E-state index contributed by atoms with van der Waals surface area (Å²) < 4.78 is 6.37. The van der Waals surface area contributed by atoms with Gasteiger partial charge in [0.1, 0.15) is 11.7 Å². The lowest BCUT2D eigenvalue weighted by atomic mass is 9.62. The summed E-state index contributed by atoms with van der Waals surface area (Å²) in [7, 11) is 0. The molecule has 4 atom stereocenters. The van der Waals surface area contributed by atoms with Crippen molar-refractivity contribution in [1.29, 1.82) is 0 Å². The van der Waals surface area contributed by atoms with Crippen molar-refractivity contribution in [3.05, 3.63) is 59.7 Å². The minimum absolute atomic E-state index is 0.112. The topological polar surface area (TPSA) is 67.4 Å². The fraction of sp³-hybridized carbons (Fsp3) is 0.391. The first-order valence-electron chi connectivity index (χ1n) is 10.1. The van der Waals surface area contributed by atoms with Crippen LogP contribution in [0.3, 0.4) is 0 Å². The van der Waals surface area contributed by atoms with E-state index in [-0.39, 0.29) is 23.7 Å². The first kappa shape index (κ1) is 17.3. The maximum absolute atomic E-state index is 13.3. The van der Waals surface area contributed by atoms with Gasteiger partial charge in [0.15, 0.2) is 5.72 Å². The van der Waals surface area contributed by atoms with Crippen molar-refractivity contribution in [2.45, 2.75) is 44.2 Å². The van der Waals surface area contributed by atoms with E-state index in [1.807, 2.05) is 55.5 Å². The summed E-state index contributed by atoms with van der Waals surface area (Å²) in [6.07, 6.45) is 3.86. The van der Waals surface area contributed by atoms with Gasteiger partial charge in [-0.05, 0) is 43.0 Å². The summed E-state index contributed by atoms with van der Waals surface area (Å²) in [5, 5.41) is 6.11. The summed E-state index contributed by atoms with van der Waals surface area (Å²) in [4.78, 5) is 26.4. The Labute approximate surface area is 164 Å². The van der Waals surface area contributed by atoms with Crippen LogP contribution in [0.1, 0.15) is 42.7 Å². The van der Waals surface area contributed by atoms with Gasteiger partial charge < -0.3 is 15.4 Å². The number of rotatable bonds is 2. The number of piperidine rings is 1. The van der Waals surface area contributed by atoms with Crippen LogP contribution < -0.4 is 15.4 Å². The number of aryl methyl sites for hydroxylation is 1. The zero-order valence-corrected chi connectivity index (χ0v) is 15.9. The fourth-order valence-electron chi connectivity index (χ4n) is 5.28. The second kappa shape index (κ2) is 6.36. The van der Waals surface area contributed by atoms with Crippen LogP contribution >= 0.6 is 0 Å². The number of amides is 2. The molecule has 5 rings (SSSR count). The highest BCUT2D eigenvalue weighted by atomic mass is 16.5.